The second-order valence-electron chi connectivity index (χ2n) is 8.07. The Morgan fingerprint density at radius 1 is 1.28 bits per heavy atom. The molecule has 0 saturated heterocycles. The summed E-state index contributed by atoms with van der Waals surface area (Å²) in [5.41, 5.74) is 3.01. The summed E-state index contributed by atoms with van der Waals surface area (Å²) in [5, 5.41) is 10.7. The van der Waals surface area contributed by atoms with Crippen LogP contribution >= 0.6 is 0 Å². The third-order valence-electron chi connectivity index (χ3n) is 5.64. The fraction of sp³-hybridized carbons (Fsp3) is 0.565. The summed E-state index contributed by atoms with van der Waals surface area (Å²) in [6, 6.07) is 3.84. The number of hydrogen-bond donors (Lipinski definition) is 1. The molecule has 1 aromatic carbocycles. The van der Waals surface area contributed by atoms with Gasteiger partial charge in [0.2, 0.25) is 0 Å². The summed E-state index contributed by atoms with van der Waals surface area (Å²) in [5.74, 6) is 8.32. The molecule has 0 amide bonds. The Labute approximate surface area is 152 Å². The van der Waals surface area contributed by atoms with Crippen molar-refractivity contribution in [1.82, 2.24) is 0 Å². The number of hydrogen-bond acceptors (Lipinski definition) is 2. The highest BCUT2D eigenvalue weighted by atomic mass is 16.5. The van der Waals surface area contributed by atoms with E-state index in [1.54, 1.807) is 0 Å². The van der Waals surface area contributed by atoms with Crippen LogP contribution in [0, 0.1) is 17.8 Å². The molecule has 0 fully saturated rings. The van der Waals surface area contributed by atoms with Crippen LogP contribution in [0.4, 0.5) is 0 Å². The molecule has 2 heteroatoms. The van der Waals surface area contributed by atoms with E-state index in [-0.39, 0.29) is 5.60 Å². The molecular formula is C23H30O2. The molecule has 3 rings (SSSR count). The average molecular weight is 338 g/mol. The van der Waals surface area contributed by atoms with Crippen molar-refractivity contribution >= 4 is 0 Å². The lowest BCUT2D eigenvalue weighted by molar-refractivity contribution is 0.00759. The van der Waals surface area contributed by atoms with Crippen molar-refractivity contribution in [2.45, 2.75) is 77.7 Å². The molecule has 1 aliphatic carbocycles. The van der Waals surface area contributed by atoms with Gasteiger partial charge < -0.3 is 9.84 Å². The highest BCUT2D eigenvalue weighted by Gasteiger charge is 2.45. The van der Waals surface area contributed by atoms with Gasteiger partial charge in [-0.3, -0.25) is 0 Å². The summed E-state index contributed by atoms with van der Waals surface area (Å²) in [6.07, 6.45) is 8.82. The quantitative estimate of drug-likeness (QED) is 0.420. The molecular weight excluding hydrogens is 308 g/mol. The lowest BCUT2D eigenvalue weighted by Gasteiger charge is -2.47. The van der Waals surface area contributed by atoms with Gasteiger partial charge in [0.1, 0.15) is 17.1 Å². The minimum absolute atomic E-state index is 0.228. The number of rotatable bonds is 3. The maximum absolute atomic E-state index is 10.7. The first-order valence-corrected chi connectivity index (χ1v) is 9.62. The van der Waals surface area contributed by atoms with Crippen LogP contribution in [-0.2, 0) is 0 Å². The molecule has 1 aliphatic heterocycles. The monoisotopic (exact) mass is 338 g/mol. The Morgan fingerprint density at radius 3 is 2.84 bits per heavy atom. The third kappa shape index (κ3) is 3.71. The summed E-state index contributed by atoms with van der Waals surface area (Å²) in [4.78, 5) is 0. The lowest BCUT2D eigenvalue weighted by Crippen LogP contribution is -2.45. The molecule has 2 nitrogen and oxygen atoms in total. The van der Waals surface area contributed by atoms with Crippen molar-refractivity contribution in [2.24, 2.45) is 5.92 Å². The minimum Gasteiger partial charge on any atom is -0.507 e. The summed E-state index contributed by atoms with van der Waals surface area (Å²) < 4.78 is 6.33. The zero-order chi connectivity index (χ0) is 18.0. The highest BCUT2D eigenvalue weighted by molar-refractivity contribution is 5.56. The summed E-state index contributed by atoms with van der Waals surface area (Å²) in [6.45, 7) is 8.72. The number of benzene rings is 1. The van der Waals surface area contributed by atoms with E-state index >= 15 is 0 Å². The van der Waals surface area contributed by atoms with Gasteiger partial charge in [-0.2, -0.15) is 0 Å². The van der Waals surface area contributed by atoms with Crippen molar-refractivity contribution < 1.29 is 9.84 Å². The largest absolute Gasteiger partial charge is 0.507 e. The van der Waals surface area contributed by atoms with Gasteiger partial charge in [0.25, 0.3) is 0 Å². The van der Waals surface area contributed by atoms with E-state index in [4.69, 9.17) is 4.74 Å². The fourth-order valence-corrected chi connectivity index (χ4v) is 4.26. The van der Waals surface area contributed by atoms with Gasteiger partial charge in [-0.15, -0.1) is 0 Å². The number of phenolic OH excluding ortho intramolecular Hbond substituents is 1. The van der Waals surface area contributed by atoms with Crippen molar-refractivity contribution in [2.75, 3.05) is 0 Å². The molecule has 134 valence electrons. The SMILES string of the molecule is CCCCCC#Cc1cc(O)c2c(c1)OC(C)(C)[C@@H]1CC=C(C)C[C@@H]21. The van der Waals surface area contributed by atoms with E-state index in [1.165, 1.54) is 18.4 Å². The normalized spacial score (nSPS) is 23.4. The number of aromatic hydroxyl groups is 1. The second kappa shape index (κ2) is 7.16. The first-order chi connectivity index (χ1) is 11.9. The van der Waals surface area contributed by atoms with E-state index in [0.717, 1.165) is 42.6 Å². The molecule has 0 aromatic heterocycles. The average Bonchev–Trinajstić information content (AvgIpc) is 2.53. The van der Waals surface area contributed by atoms with Crippen LogP contribution in [0.5, 0.6) is 11.5 Å². The van der Waals surface area contributed by atoms with Gasteiger partial charge in [0.15, 0.2) is 0 Å². The third-order valence-corrected chi connectivity index (χ3v) is 5.64. The molecule has 2 atom stereocenters. The number of allylic oxidation sites excluding steroid dienone is 2. The number of ether oxygens (including phenoxy) is 1. The molecule has 0 radical (unpaired) electrons. The maximum atomic E-state index is 10.7. The van der Waals surface area contributed by atoms with Crippen LogP contribution in [0.1, 0.15) is 83.3 Å². The van der Waals surface area contributed by atoms with Gasteiger partial charge >= 0.3 is 0 Å². The maximum Gasteiger partial charge on any atom is 0.128 e. The Bertz CT molecular complexity index is 730. The van der Waals surface area contributed by atoms with Crippen LogP contribution in [0.3, 0.4) is 0 Å². The summed E-state index contributed by atoms with van der Waals surface area (Å²) in [7, 11) is 0. The lowest BCUT2D eigenvalue weighted by atomic mass is 9.67. The minimum atomic E-state index is -0.228. The molecule has 1 aromatic rings. The highest BCUT2D eigenvalue weighted by Crippen LogP contribution is 2.54. The second-order valence-corrected chi connectivity index (χ2v) is 8.07. The molecule has 1 N–H and O–H groups in total. The first-order valence-electron chi connectivity index (χ1n) is 9.62. The van der Waals surface area contributed by atoms with Crippen LogP contribution in [0.2, 0.25) is 0 Å². The Balaban J connectivity index is 1.91. The number of fused-ring (bicyclic) bond motifs is 3. The van der Waals surface area contributed by atoms with Gasteiger partial charge in [0.05, 0.1) is 0 Å². The van der Waals surface area contributed by atoms with Gasteiger partial charge in [-0.25, -0.2) is 0 Å². The smallest absolute Gasteiger partial charge is 0.128 e. The van der Waals surface area contributed by atoms with Gasteiger partial charge in [-0.1, -0.05) is 43.3 Å². The standard InChI is InChI=1S/C23H30O2/c1-5-6-7-8-9-10-17-14-20(24)22-18-13-16(2)11-12-19(18)23(3,4)25-21(22)15-17/h11,14-15,18-19,24H,5-8,12-13H2,1-4H3/t18-,19-/m1/s1. The van der Waals surface area contributed by atoms with Crippen LogP contribution in [0.25, 0.3) is 0 Å². The van der Waals surface area contributed by atoms with E-state index in [1.807, 2.05) is 12.1 Å². The van der Waals surface area contributed by atoms with Crippen LogP contribution in [0.15, 0.2) is 23.8 Å². The van der Waals surface area contributed by atoms with E-state index in [9.17, 15) is 5.11 Å². The molecule has 0 unspecified atom stereocenters. The van der Waals surface area contributed by atoms with E-state index in [2.05, 4.69) is 45.6 Å². The van der Waals surface area contributed by atoms with Gasteiger partial charge in [0, 0.05) is 29.4 Å². The molecule has 2 aliphatic rings. The van der Waals surface area contributed by atoms with E-state index < -0.39 is 0 Å². The van der Waals surface area contributed by atoms with Crippen molar-refractivity contribution in [3.05, 3.63) is 34.9 Å². The molecule has 0 bridgehead atoms. The van der Waals surface area contributed by atoms with Crippen molar-refractivity contribution in [3.8, 4) is 23.3 Å². The summed E-state index contributed by atoms with van der Waals surface area (Å²) >= 11 is 0. The Hall–Kier alpha value is -1.88. The van der Waals surface area contributed by atoms with Crippen LogP contribution < -0.4 is 4.74 Å². The molecule has 25 heavy (non-hydrogen) atoms. The van der Waals surface area contributed by atoms with Gasteiger partial charge in [-0.05, 0) is 52.2 Å². The zero-order valence-electron chi connectivity index (χ0n) is 16.0. The predicted molar refractivity (Wildman–Crippen MR) is 103 cm³/mol. The first kappa shape index (κ1) is 17.9. The Morgan fingerprint density at radius 2 is 2.08 bits per heavy atom. The predicted octanol–water partition coefficient (Wildman–Crippen LogP) is 5.93. The van der Waals surface area contributed by atoms with Crippen molar-refractivity contribution in [1.29, 1.82) is 0 Å². The molecule has 0 spiro atoms. The molecule has 0 saturated carbocycles. The topological polar surface area (TPSA) is 29.5 Å². The molecule has 1 heterocycles. The van der Waals surface area contributed by atoms with E-state index in [0.29, 0.717) is 17.6 Å². The zero-order valence-corrected chi connectivity index (χ0v) is 16.0. The van der Waals surface area contributed by atoms with Crippen LogP contribution in [-0.4, -0.2) is 10.7 Å². The fourth-order valence-electron chi connectivity index (χ4n) is 4.26. The number of phenols is 1. The Kier molecular flexibility index (Phi) is 5.13. The number of unbranched alkanes of at least 4 members (excludes halogenated alkanes) is 3. The van der Waals surface area contributed by atoms with Crippen molar-refractivity contribution in [3.63, 3.8) is 0 Å².